The van der Waals surface area contributed by atoms with Gasteiger partial charge in [0.15, 0.2) is 0 Å². The van der Waals surface area contributed by atoms with Crippen LogP contribution in [0.25, 0.3) is 0 Å². The Morgan fingerprint density at radius 2 is 2.06 bits per heavy atom. The van der Waals surface area contributed by atoms with Gasteiger partial charge in [0, 0.05) is 17.0 Å². The molecule has 2 aliphatic rings. The van der Waals surface area contributed by atoms with Gasteiger partial charge in [-0.25, -0.2) is 14.2 Å². The molecule has 1 saturated carbocycles. The number of anilines is 1. The van der Waals surface area contributed by atoms with Crippen molar-refractivity contribution >= 4 is 11.8 Å². The predicted molar refractivity (Wildman–Crippen MR) is 98.9 cm³/mol. The number of aromatic nitrogens is 2. The van der Waals surface area contributed by atoms with Gasteiger partial charge in [-0.05, 0) is 30.9 Å². The maximum absolute atomic E-state index is 14.8. The zero-order valence-corrected chi connectivity index (χ0v) is 16.0. The van der Waals surface area contributed by atoms with Crippen LogP contribution in [-0.2, 0) is 16.9 Å². The number of halogens is 4. The number of fused-ring (bicyclic) bond motifs is 1. The third-order valence-electron chi connectivity index (χ3n) is 4.88. The first-order valence-electron chi connectivity index (χ1n) is 9.16. The minimum Gasteiger partial charge on any atom is -0.481 e. The molecular formula is C20H15F4N3O4. The van der Waals surface area contributed by atoms with E-state index in [4.69, 9.17) is 4.74 Å². The number of cyclic esters (lactones) is 1. The highest BCUT2D eigenvalue weighted by Gasteiger charge is 2.62. The normalized spacial score (nSPS) is 20.1. The molecule has 1 aliphatic heterocycles. The van der Waals surface area contributed by atoms with Gasteiger partial charge in [0.2, 0.25) is 5.88 Å². The SMILES string of the molecule is COc1cc(=O)n(Cc2cc3c(cc2F)[C@@](C#CC2CC2)(C(F)(F)F)OC(=O)N3)cn1. The van der Waals surface area contributed by atoms with E-state index in [0.29, 0.717) is 18.9 Å². The van der Waals surface area contributed by atoms with E-state index in [0.717, 1.165) is 23.0 Å². The molecule has 0 spiro atoms. The predicted octanol–water partition coefficient (Wildman–Crippen LogP) is 3.17. The van der Waals surface area contributed by atoms with E-state index >= 15 is 0 Å². The molecule has 1 aromatic carbocycles. The van der Waals surface area contributed by atoms with E-state index < -0.39 is 34.8 Å². The van der Waals surface area contributed by atoms with Crippen LogP contribution in [0.4, 0.5) is 28.0 Å². The summed E-state index contributed by atoms with van der Waals surface area (Å²) in [6.45, 7) is -0.335. The summed E-state index contributed by atoms with van der Waals surface area (Å²) in [6.07, 6.45) is -4.05. The molecule has 7 nitrogen and oxygen atoms in total. The van der Waals surface area contributed by atoms with Crippen LogP contribution in [-0.4, -0.2) is 28.9 Å². The molecule has 11 heteroatoms. The quantitative estimate of drug-likeness (QED) is 0.589. The second kappa shape index (κ2) is 7.30. The van der Waals surface area contributed by atoms with E-state index in [1.807, 2.05) is 5.92 Å². The Hall–Kier alpha value is -3.55. The molecule has 0 saturated heterocycles. The Balaban J connectivity index is 1.80. The van der Waals surface area contributed by atoms with E-state index in [2.05, 4.69) is 21.0 Å². The molecule has 2 aromatic rings. The fraction of sp³-hybridized carbons (Fsp3) is 0.350. The topological polar surface area (TPSA) is 82.5 Å². The van der Waals surface area contributed by atoms with Gasteiger partial charge >= 0.3 is 12.3 Å². The molecule has 1 N–H and O–H groups in total. The lowest BCUT2D eigenvalue weighted by Crippen LogP contribution is -2.49. The second-order valence-corrected chi connectivity index (χ2v) is 7.12. The zero-order valence-electron chi connectivity index (χ0n) is 16.0. The van der Waals surface area contributed by atoms with Gasteiger partial charge in [0.05, 0.1) is 25.4 Å². The maximum atomic E-state index is 14.8. The minimum absolute atomic E-state index is 0.0563. The molecule has 31 heavy (non-hydrogen) atoms. The van der Waals surface area contributed by atoms with Crippen molar-refractivity contribution in [2.24, 2.45) is 5.92 Å². The lowest BCUT2D eigenvalue weighted by Gasteiger charge is -2.36. The first kappa shape index (κ1) is 20.7. The van der Waals surface area contributed by atoms with Gasteiger partial charge in [-0.3, -0.25) is 14.7 Å². The van der Waals surface area contributed by atoms with Gasteiger partial charge < -0.3 is 9.47 Å². The second-order valence-electron chi connectivity index (χ2n) is 7.12. The standard InChI is InChI=1S/C20H15F4N3O4/c1-30-16-8-17(28)27(10-25-16)9-12-6-15-13(7-14(12)21)19(20(22,23)24,31-18(29)26-15)5-4-11-2-3-11/h6-8,10-11H,2-3,9H2,1H3,(H,26,29)/t19-/m0/s1. The number of ether oxygens (including phenoxy) is 2. The van der Waals surface area contributed by atoms with Crippen molar-refractivity contribution in [1.82, 2.24) is 9.55 Å². The molecular weight excluding hydrogens is 422 g/mol. The average molecular weight is 437 g/mol. The fourth-order valence-corrected chi connectivity index (χ4v) is 3.09. The first-order valence-corrected chi connectivity index (χ1v) is 9.16. The number of carbonyl (C=O) groups is 1. The molecule has 2 heterocycles. The Morgan fingerprint density at radius 1 is 1.32 bits per heavy atom. The van der Waals surface area contributed by atoms with Crippen LogP contribution >= 0.6 is 0 Å². The van der Waals surface area contributed by atoms with Gasteiger partial charge in [-0.1, -0.05) is 5.92 Å². The number of amides is 1. The van der Waals surface area contributed by atoms with Gasteiger partial charge in [-0.2, -0.15) is 13.2 Å². The number of nitrogens with one attached hydrogen (secondary N) is 1. The summed E-state index contributed by atoms with van der Waals surface area (Å²) in [4.78, 5) is 27.9. The van der Waals surface area contributed by atoms with Crippen LogP contribution < -0.4 is 15.6 Å². The number of nitrogens with zero attached hydrogens (tertiary/aromatic N) is 2. The Kier molecular flexibility index (Phi) is 4.88. The van der Waals surface area contributed by atoms with Crippen LogP contribution in [0.5, 0.6) is 5.88 Å². The third-order valence-corrected chi connectivity index (χ3v) is 4.88. The van der Waals surface area contributed by atoms with Crippen molar-refractivity contribution < 1.29 is 31.8 Å². The number of hydrogen-bond donors (Lipinski definition) is 1. The van der Waals surface area contributed by atoms with Crippen LogP contribution in [0.1, 0.15) is 24.0 Å². The van der Waals surface area contributed by atoms with Crippen molar-refractivity contribution in [3.05, 3.63) is 51.8 Å². The van der Waals surface area contributed by atoms with Gasteiger partial charge in [-0.15, -0.1) is 0 Å². The molecule has 4 rings (SSSR count). The molecule has 162 valence electrons. The number of alkyl halides is 3. The summed E-state index contributed by atoms with van der Waals surface area (Å²) in [5.41, 5.74) is -4.94. The van der Waals surface area contributed by atoms with Crippen LogP contribution in [0.3, 0.4) is 0 Å². The van der Waals surface area contributed by atoms with Crippen molar-refractivity contribution in [3.8, 4) is 17.7 Å². The molecule has 1 aromatic heterocycles. The monoisotopic (exact) mass is 437 g/mol. The lowest BCUT2D eigenvalue weighted by molar-refractivity contribution is -0.239. The minimum atomic E-state index is -5.10. The molecule has 1 atom stereocenters. The number of methoxy groups -OCH3 is 1. The molecule has 0 radical (unpaired) electrons. The zero-order chi connectivity index (χ0) is 22.4. The van der Waals surface area contributed by atoms with Crippen LogP contribution in [0.15, 0.2) is 29.3 Å². The Morgan fingerprint density at radius 3 is 2.68 bits per heavy atom. The van der Waals surface area contributed by atoms with Crippen molar-refractivity contribution in [1.29, 1.82) is 0 Å². The molecule has 1 aliphatic carbocycles. The highest BCUT2D eigenvalue weighted by atomic mass is 19.4. The average Bonchev–Trinajstić information content (AvgIpc) is 3.52. The van der Waals surface area contributed by atoms with E-state index in [1.165, 1.54) is 7.11 Å². The summed E-state index contributed by atoms with van der Waals surface area (Å²) >= 11 is 0. The molecule has 0 bridgehead atoms. The van der Waals surface area contributed by atoms with E-state index in [1.54, 1.807) is 0 Å². The summed E-state index contributed by atoms with van der Waals surface area (Å²) in [5.74, 6) is 3.32. The highest BCUT2D eigenvalue weighted by Crippen LogP contribution is 2.48. The summed E-state index contributed by atoms with van der Waals surface area (Å²) in [5, 5.41) is 2.16. The summed E-state index contributed by atoms with van der Waals surface area (Å²) < 4.78 is 67.4. The molecule has 1 amide bonds. The fourth-order valence-electron chi connectivity index (χ4n) is 3.09. The van der Waals surface area contributed by atoms with Gasteiger partial charge in [0.25, 0.3) is 11.2 Å². The number of rotatable bonds is 3. The largest absolute Gasteiger partial charge is 0.481 e. The van der Waals surface area contributed by atoms with E-state index in [-0.39, 0.29) is 29.6 Å². The maximum Gasteiger partial charge on any atom is 0.445 e. The van der Waals surface area contributed by atoms with Crippen molar-refractivity contribution in [2.75, 3.05) is 12.4 Å². The van der Waals surface area contributed by atoms with Crippen molar-refractivity contribution in [2.45, 2.75) is 31.2 Å². The first-order chi connectivity index (χ1) is 14.6. The molecule has 0 unspecified atom stereocenters. The van der Waals surface area contributed by atoms with Gasteiger partial charge in [0.1, 0.15) is 12.1 Å². The number of hydrogen-bond acceptors (Lipinski definition) is 5. The Bertz CT molecular complexity index is 1180. The highest BCUT2D eigenvalue weighted by molar-refractivity contribution is 5.90. The summed E-state index contributed by atoms with van der Waals surface area (Å²) in [7, 11) is 1.32. The van der Waals surface area contributed by atoms with Crippen molar-refractivity contribution in [3.63, 3.8) is 0 Å². The third kappa shape index (κ3) is 3.81. The molecule has 1 fully saturated rings. The van der Waals surface area contributed by atoms with Crippen LogP contribution in [0.2, 0.25) is 0 Å². The lowest BCUT2D eigenvalue weighted by atomic mass is 9.89. The smallest absolute Gasteiger partial charge is 0.445 e. The summed E-state index contributed by atoms with van der Waals surface area (Å²) in [6, 6.07) is 2.73. The number of carbonyl (C=O) groups excluding carboxylic acids is 1. The number of benzene rings is 1. The van der Waals surface area contributed by atoms with Crippen LogP contribution in [0, 0.1) is 23.6 Å². The van der Waals surface area contributed by atoms with E-state index in [9.17, 15) is 27.2 Å². The Labute approximate surface area is 173 Å².